The van der Waals surface area contributed by atoms with E-state index in [0.717, 1.165) is 5.17 Å². The van der Waals surface area contributed by atoms with Crippen molar-refractivity contribution in [2.24, 2.45) is 0 Å². The Morgan fingerprint density at radius 2 is 2.50 bits per heavy atom. The Kier molecular flexibility index (Phi) is 1.55. The number of hydrazine groups is 1. The SMILES string of the molecule is ON1NC=CC=C1Br. The van der Waals surface area contributed by atoms with Crippen LogP contribution in [-0.2, 0) is 0 Å². The highest BCUT2D eigenvalue weighted by Gasteiger charge is 1.99. The summed E-state index contributed by atoms with van der Waals surface area (Å²) in [6.45, 7) is 0. The van der Waals surface area contributed by atoms with E-state index in [9.17, 15) is 0 Å². The Hall–Kier alpha value is -0.480. The zero-order chi connectivity index (χ0) is 5.98. The van der Waals surface area contributed by atoms with E-state index in [2.05, 4.69) is 21.4 Å². The number of hydrogen-bond donors (Lipinski definition) is 2. The summed E-state index contributed by atoms with van der Waals surface area (Å²) in [5, 5.41) is 9.61. The van der Waals surface area contributed by atoms with Gasteiger partial charge in [0, 0.05) is 6.20 Å². The van der Waals surface area contributed by atoms with Gasteiger partial charge in [-0.1, -0.05) is 0 Å². The molecule has 1 rings (SSSR count). The second-order valence-electron chi connectivity index (χ2n) is 1.29. The molecular formula is C4H5BrN2O. The van der Waals surface area contributed by atoms with Crippen LogP contribution < -0.4 is 5.43 Å². The second-order valence-corrected chi connectivity index (χ2v) is 2.10. The predicted molar refractivity (Wildman–Crippen MR) is 32.9 cm³/mol. The molecule has 4 heteroatoms. The minimum absolute atomic E-state index is 0.597. The summed E-state index contributed by atoms with van der Waals surface area (Å²) >= 11 is 3.08. The van der Waals surface area contributed by atoms with Crippen molar-refractivity contribution in [2.75, 3.05) is 0 Å². The zero-order valence-corrected chi connectivity index (χ0v) is 5.59. The van der Waals surface area contributed by atoms with Crippen LogP contribution in [-0.4, -0.2) is 10.4 Å². The quantitative estimate of drug-likeness (QED) is 0.540. The van der Waals surface area contributed by atoms with Gasteiger partial charge in [0.1, 0.15) is 4.61 Å². The standard InChI is InChI=1S/C4H5BrN2O/c5-4-2-1-3-6-7(4)8/h1-3,6,8H. The first-order valence-corrected chi connectivity index (χ1v) is 2.87. The summed E-state index contributed by atoms with van der Waals surface area (Å²) in [6, 6.07) is 0. The number of nitrogens with zero attached hydrogens (tertiary/aromatic N) is 1. The molecule has 0 bridgehead atoms. The summed E-state index contributed by atoms with van der Waals surface area (Å²) in [5.41, 5.74) is 2.52. The average molecular weight is 177 g/mol. The molecule has 3 nitrogen and oxygen atoms in total. The smallest absolute Gasteiger partial charge is 0.130 e. The molecule has 0 aromatic rings. The molecule has 1 heterocycles. The Morgan fingerprint density at radius 3 is 2.88 bits per heavy atom. The minimum Gasteiger partial charge on any atom is -0.281 e. The van der Waals surface area contributed by atoms with Crippen LogP contribution in [0.2, 0.25) is 0 Å². The first-order valence-electron chi connectivity index (χ1n) is 2.08. The number of hydroxylamine groups is 1. The van der Waals surface area contributed by atoms with Crippen molar-refractivity contribution in [3.63, 3.8) is 0 Å². The third-order valence-corrected chi connectivity index (χ3v) is 1.33. The van der Waals surface area contributed by atoms with Gasteiger partial charge in [-0.15, -0.1) is 0 Å². The van der Waals surface area contributed by atoms with Gasteiger partial charge in [-0.05, 0) is 28.1 Å². The van der Waals surface area contributed by atoms with Crippen LogP contribution in [0.1, 0.15) is 0 Å². The minimum atomic E-state index is 0.597. The van der Waals surface area contributed by atoms with Crippen LogP contribution in [0.5, 0.6) is 0 Å². The topological polar surface area (TPSA) is 35.5 Å². The van der Waals surface area contributed by atoms with Gasteiger partial charge in [0.2, 0.25) is 0 Å². The van der Waals surface area contributed by atoms with E-state index in [1.165, 1.54) is 0 Å². The highest BCUT2D eigenvalue weighted by atomic mass is 79.9. The molecule has 0 radical (unpaired) electrons. The van der Waals surface area contributed by atoms with Gasteiger partial charge in [0.25, 0.3) is 0 Å². The Morgan fingerprint density at radius 1 is 1.75 bits per heavy atom. The number of nitrogens with one attached hydrogen (secondary N) is 1. The van der Waals surface area contributed by atoms with Crippen molar-refractivity contribution < 1.29 is 5.21 Å². The molecule has 1 aliphatic rings. The van der Waals surface area contributed by atoms with Crippen molar-refractivity contribution >= 4 is 15.9 Å². The van der Waals surface area contributed by atoms with Crippen LogP contribution >= 0.6 is 15.9 Å². The lowest BCUT2D eigenvalue weighted by atomic mass is 10.5. The normalized spacial score (nSPS) is 17.8. The van der Waals surface area contributed by atoms with E-state index in [4.69, 9.17) is 5.21 Å². The predicted octanol–water partition coefficient (Wildman–Crippen LogP) is 0.946. The lowest BCUT2D eigenvalue weighted by Gasteiger charge is -2.16. The number of allylic oxidation sites excluding steroid dienone is 2. The maximum absolute atomic E-state index is 8.73. The largest absolute Gasteiger partial charge is 0.281 e. The number of halogens is 1. The van der Waals surface area contributed by atoms with Crippen LogP contribution in [0.4, 0.5) is 0 Å². The summed E-state index contributed by atoms with van der Waals surface area (Å²) in [7, 11) is 0. The van der Waals surface area contributed by atoms with Crippen molar-refractivity contribution in [3.8, 4) is 0 Å². The van der Waals surface area contributed by atoms with E-state index in [0.29, 0.717) is 4.61 Å². The second kappa shape index (κ2) is 2.19. The fourth-order valence-electron chi connectivity index (χ4n) is 0.373. The van der Waals surface area contributed by atoms with Crippen LogP contribution in [0.15, 0.2) is 23.0 Å². The van der Waals surface area contributed by atoms with Crippen molar-refractivity contribution in [3.05, 3.63) is 23.0 Å². The summed E-state index contributed by atoms with van der Waals surface area (Å²) < 4.78 is 0.597. The van der Waals surface area contributed by atoms with Gasteiger partial charge < -0.3 is 0 Å². The molecule has 0 aromatic heterocycles. The molecule has 0 unspecified atom stereocenters. The van der Waals surface area contributed by atoms with E-state index < -0.39 is 0 Å². The van der Waals surface area contributed by atoms with E-state index in [1.807, 2.05) is 0 Å². The molecule has 0 amide bonds. The van der Waals surface area contributed by atoms with Crippen LogP contribution in [0, 0.1) is 0 Å². The first kappa shape index (κ1) is 5.65. The summed E-state index contributed by atoms with van der Waals surface area (Å²) in [4.78, 5) is 0. The summed E-state index contributed by atoms with van der Waals surface area (Å²) in [5.74, 6) is 0. The first-order chi connectivity index (χ1) is 3.80. The molecule has 0 atom stereocenters. The van der Waals surface area contributed by atoms with E-state index >= 15 is 0 Å². The lowest BCUT2D eigenvalue weighted by Crippen LogP contribution is -2.29. The molecule has 0 spiro atoms. The fraction of sp³-hybridized carbons (Fsp3) is 0. The molecule has 1 aliphatic heterocycles. The summed E-state index contributed by atoms with van der Waals surface area (Å²) in [6.07, 6.45) is 5.11. The number of rotatable bonds is 0. The van der Waals surface area contributed by atoms with Gasteiger partial charge in [-0.25, -0.2) is 0 Å². The monoisotopic (exact) mass is 176 g/mol. The third-order valence-electron chi connectivity index (χ3n) is 0.729. The van der Waals surface area contributed by atoms with Gasteiger partial charge >= 0.3 is 0 Å². The van der Waals surface area contributed by atoms with Crippen LogP contribution in [0.25, 0.3) is 0 Å². The lowest BCUT2D eigenvalue weighted by molar-refractivity contribution is -0.0796. The van der Waals surface area contributed by atoms with Crippen molar-refractivity contribution in [2.45, 2.75) is 0 Å². The van der Waals surface area contributed by atoms with Crippen molar-refractivity contribution in [1.29, 1.82) is 0 Å². The molecule has 0 saturated carbocycles. The van der Waals surface area contributed by atoms with Gasteiger partial charge in [-0.3, -0.25) is 10.6 Å². The third kappa shape index (κ3) is 1.02. The molecule has 44 valence electrons. The van der Waals surface area contributed by atoms with Gasteiger partial charge in [0.05, 0.1) is 0 Å². The van der Waals surface area contributed by atoms with E-state index in [-0.39, 0.29) is 0 Å². The maximum Gasteiger partial charge on any atom is 0.130 e. The molecular weight excluding hydrogens is 172 g/mol. The fourth-order valence-corrected chi connectivity index (χ4v) is 0.628. The molecule has 0 fully saturated rings. The van der Waals surface area contributed by atoms with Gasteiger partial charge in [0.15, 0.2) is 0 Å². The maximum atomic E-state index is 8.73. The highest BCUT2D eigenvalue weighted by molar-refractivity contribution is 9.11. The molecule has 2 N–H and O–H groups in total. The average Bonchev–Trinajstić information content (AvgIpc) is 1.77. The molecule has 0 saturated heterocycles. The Balaban J connectivity index is 2.66. The molecule has 0 aromatic carbocycles. The molecule has 8 heavy (non-hydrogen) atoms. The molecule has 0 aliphatic carbocycles. The Bertz CT molecular complexity index is 143. The Labute approximate surface area is 55.3 Å². The van der Waals surface area contributed by atoms with Crippen molar-refractivity contribution in [1.82, 2.24) is 10.6 Å². The van der Waals surface area contributed by atoms with E-state index in [1.54, 1.807) is 18.4 Å². The van der Waals surface area contributed by atoms with Gasteiger partial charge in [-0.2, -0.15) is 5.17 Å². The zero-order valence-electron chi connectivity index (χ0n) is 4.00. The van der Waals surface area contributed by atoms with Crippen LogP contribution in [0.3, 0.4) is 0 Å². The number of hydrogen-bond acceptors (Lipinski definition) is 3. The highest BCUT2D eigenvalue weighted by Crippen LogP contribution is 2.09.